The molecule has 0 saturated carbocycles. The third-order valence-electron chi connectivity index (χ3n) is 4.01. The minimum Gasteiger partial charge on any atom is -0.384 e. The van der Waals surface area contributed by atoms with Gasteiger partial charge in [-0.25, -0.2) is 4.98 Å². The molecule has 0 bridgehead atoms. The van der Waals surface area contributed by atoms with Crippen molar-refractivity contribution in [2.45, 2.75) is 38.8 Å². The monoisotopic (exact) mass is 315 g/mol. The number of benzene rings is 1. The first-order chi connectivity index (χ1) is 10.5. The zero-order valence-corrected chi connectivity index (χ0v) is 14.7. The molecule has 2 aromatic rings. The molecule has 1 N–H and O–H groups in total. The van der Waals surface area contributed by atoms with E-state index in [1.54, 1.807) is 0 Å². The fraction of sp³-hybridized carbons (Fsp3) is 0.471. The Morgan fingerprint density at radius 3 is 3.00 bits per heavy atom. The Morgan fingerprint density at radius 1 is 1.32 bits per heavy atom. The molecular formula is C17H25N3OSi. The summed E-state index contributed by atoms with van der Waals surface area (Å²) in [5.74, 6) is 0. The number of aromatic nitrogens is 2. The molecule has 1 aliphatic rings. The number of anilines is 1. The van der Waals surface area contributed by atoms with Crippen molar-refractivity contribution < 1.29 is 4.74 Å². The minimum absolute atomic E-state index is 0.588. The summed E-state index contributed by atoms with van der Waals surface area (Å²) < 4.78 is 7.81. The van der Waals surface area contributed by atoms with E-state index in [0.717, 1.165) is 25.3 Å². The molecule has 0 fully saturated rings. The third kappa shape index (κ3) is 3.59. The molecule has 0 unspecified atom stereocenters. The Bertz CT molecular complexity index is 646. The second-order valence-electron chi connectivity index (χ2n) is 7.13. The van der Waals surface area contributed by atoms with Crippen LogP contribution in [-0.2, 0) is 17.9 Å². The number of ether oxygens (including phenoxy) is 1. The lowest BCUT2D eigenvalue weighted by molar-refractivity contribution is 0.0872. The summed E-state index contributed by atoms with van der Waals surface area (Å²) in [7, 11) is -1.01. The summed E-state index contributed by atoms with van der Waals surface area (Å²) in [6, 6.07) is 7.59. The van der Waals surface area contributed by atoms with Gasteiger partial charge < -0.3 is 14.6 Å². The maximum atomic E-state index is 5.78. The first kappa shape index (κ1) is 15.3. The van der Waals surface area contributed by atoms with E-state index < -0.39 is 8.07 Å². The van der Waals surface area contributed by atoms with E-state index in [-0.39, 0.29) is 0 Å². The van der Waals surface area contributed by atoms with Gasteiger partial charge in [0.05, 0.1) is 12.0 Å². The van der Waals surface area contributed by atoms with Crippen molar-refractivity contribution in [3.63, 3.8) is 0 Å². The molecule has 118 valence electrons. The number of nitrogens with zero attached hydrogens (tertiary/aromatic N) is 2. The number of hydrogen-bond acceptors (Lipinski definition) is 3. The van der Waals surface area contributed by atoms with E-state index in [2.05, 4.69) is 54.3 Å². The molecule has 22 heavy (non-hydrogen) atoms. The molecule has 1 aromatic carbocycles. The molecule has 4 nitrogen and oxygen atoms in total. The molecule has 0 aliphatic carbocycles. The Hall–Kier alpha value is -1.59. The van der Waals surface area contributed by atoms with Gasteiger partial charge in [0.2, 0.25) is 0 Å². The Labute approximate surface area is 133 Å². The summed E-state index contributed by atoms with van der Waals surface area (Å²) in [6.45, 7) is 9.56. The SMILES string of the molecule is C[Si](C)(C)CCOCn1cnc(-c2cccc3c2CCN3)c1. The minimum atomic E-state index is -1.01. The fourth-order valence-electron chi connectivity index (χ4n) is 2.70. The first-order valence-electron chi connectivity index (χ1n) is 7.99. The predicted octanol–water partition coefficient (Wildman–Crippen LogP) is 3.83. The average Bonchev–Trinajstić information content (AvgIpc) is 3.11. The highest BCUT2D eigenvalue weighted by atomic mass is 28.3. The van der Waals surface area contributed by atoms with Crippen molar-refractivity contribution in [3.05, 3.63) is 36.3 Å². The zero-order valence-electron chi connectivity index (χ0n) is 13.7. The zero-order chi connectivity index (χ0) is 15.6. The van der Waals surface area contributed by atoms with Crippen molar-refractivity contribution in [2.24, 2.45) is 0 Å². The van der Waals surface area contributed by atoms with Crippen molar-refractivity contribution in [1.82, 2.24) is 9.55 Å². The van der Waals surface area contributed by atoms with Crippen LogP contribution in [0.1, 0.15) is 5.56 Å². The van der Waals surface area contributed by atoms with Gasteiger partial charge >= 0.3 is 0 Å². The predicted molar refractivity (Wildman–Crippen MR) is 94.0 cm³/mol. The van der Waals surface area contributed by atoms with Crippen LogP contribution >= 0.6 is 0 Å². The van der Waals surface area contributed by atoms with Crippen LogP contribution < -0.4 is 5.32 Å². The molecule has 1 aliphatic heterocycles. The first-order valence-corrected chi connectivity index (χ1v) is 11.7. The quantitative estimate of drug-likeness (QED) is 0.650. The van der Waals surface area contributed by atoms with E-state index >= 15 is 0 Å². The van der Waals surface area contributed by atoms with Crippen molar-refractivity contribution in [1.29, 1.82) is 0 Å². The van der Waals surface area contributed by atoms with Crippen molar-refractivity contribution in [2.75, 3.05) is 18.5 Å². The maximum Gasteiger partial charge on any atom is 0.123 e. The molecular weight excluding hydrogens is 290 g/mol. The summed E-state index contributed by atoms with van der Waals surface area (Å²) in [4.78, 5) is 4.56. The summed E-state index contributed by atoms with van der Waals surface area (Å²) >= 11 is 0. The number of rotatable bonds is 6. The number of imidazole rings is 1. The van der Waals surface area contributed by atoms with E-state index in [1.807, 2.05) is 10.9 Å². The normalized spacial score (nSPS) is 14.0. The molecule has 0 amide bonds. The molecule has 2 heterocycles. The number of nitrogens with one attached hydrogen (secondary N) is 1. The van der Waals surface area contributed by atoms with E-state index in [1.165, 1.54) is 22.9 Å². The van der Waals surface area contributed by atoms with Gasteiger partial charge in [-0.1, -0.05) is 31.8 Å². The summed E-state index contributed by atoms with van der Waals surface area (Å²) in [5.41, 5.74) is 4.91. The Morgan fingerprint density at radius 2 is 2.18 bits per heavy atom. The van der Waals surface area contributed by atoms with Crippen LogP contribution in [-0.4, -0.2) is 30.8 Å². The van der Waals surface area contributed by atoms with E-state index in [4.69, 9.17) is 4.74 Å². The van der Waals surface area contributed by atoms with Crippen LogP contribution in [0.5, 0.6) is 0 Å². The molecule has 0 atom stereocenters. The summed E-state index contributed by atoms with van der Waals surface area (Å²) in [5, 5.41) is 3.42. The lowest BCUT2D eigenvalue weighted by atomic mass is 10.0. The average molecular weight is 315 g/mol. The van der Waals surface area contributed by atoms with Gasteiger partial charge in [0.25, 0.3) is 0 Å². The van der Waals surface area contributed by atoms with Gasteiger partial charge in [-0.2, -0.15) is 0 Å². The number of hydrogen-bond donors (Lipinski definition) is 1. The maximum absolute atomic E-state index is 5.78. The van der Waals surface area contributed by atoms with Gasteiger partial charge in [0.1, 0.15) is 6.73 Å². The van der Waals surface area contributed by atoms with Crippen molar-refractivity contribution >= 4 is 13.8 Å². The fourth-order valence-corrected chi connectivity index (χ4v) is 3.46. The van der Waals surface area contributed by atoms with Crippen molar-refractivity contribution in [3.8, 4) is 11.3 Å². The highest BCUT2D eigenvalue weighted by Crippen LogP contribution is 2.31. The van der Waals surface area contributed by atoms with Crippen LogP contribution in [0.15, 0.2) is 30.7 Å². The van der Waals surface area contributed by atoms with Gasteiger partial charge in [0.15, 0.2) is 0 Å². The molecule has 3 rings (SSSR count). The van der Waals surface area contributed by atoms with Gasteiger partial charge in [-0.3, -0.25) is 0 Å². The van der Waals surface area contributed by atoms with Gasteiger partial charge in [-0.15, -0.1) is 0 Å². The standard InChI is InChI=1S/C17H25N3OSi/c1-22(2,3)10-9-21-13-20-11-17(19-12-20)14-5-4-6-16-15(14)7-8-18-16/h4-6,11-12,18H,7-10,13H2,1-3H3. The number of fused-ring (bicyclic) bond motifs is 1. The Kier molecular flexibility index (Phi) is 4.36. The Balaban J connectivity index is 1.64. The van der Waals surface area contributed by atoms with Crippen LogP contribution in [0.25, 0.3) is 11.3 Å². The molecule has 0 spiro atoms. The summed E-state index contributed by atoms with van der Waals surface area (Å²) in [6.07, 6.45) is 5.03. The smallest absolute Gasteiger partial charge is 0.123 e. The third-order valence-corrected chi connectivity index (χ3v) is 5.72. The molecule has 0 saturated heterocycles. The van der Waals surface area contributed by atoms with Crippen LogP contribution in [0.2, 0.25) is 25.7 Å². The lowest BCUT2D eigenvalue weighted by Crippen LogP contribution is -2.21. The molecule has 1 aromatic heterocycles. The van der Waals surface area contributed by atoms with Gasteiger partial charge in [-0.05, 0) is 24.1 Å². The molecule has 0 radical (unpaired) electrons. The van der Waals surface area contributed by atoms with E-state index in [9.17, 15) is 0 Å². The van der Waals surface area contributed by atoms with Crippen LogP contribution in [0.3, 0.4) is 0 Å². The van der Waals surface area contributed by atoms with Gasteiger partial charge in [0, 0.05) is 38.7 Å². The largest absolute Gasteiger partial charge is 0.384 e. The topological polar surface area (TPSA) is 39.1 Å². The highest BCUT2D eigenvalue weighted by Gasteiger charge is 2.16. The van der Waals surface area contributed by atoms with Crippen LogP contribution in [0, 0.1) is 0 Å². The second-order valence-corrected chi connectivity index (χ2v) is 12.8. The lowest BCUT2D eigenvalue weighted by Gasteiger charge is -2.15. The highest BCUT2D eigenvalue weighted by molar-refractivity contribution is 6.76. The van der Waals surface area contributed by atoms with E-state index in [0.29, 0.717) is 6.73 Å². The molecule has 5 heteroatoms. The second kappa shape index (κ2) is 6.26. The van der Waals surface area contributed by atoms with Crippen LogP contribution in [0.4, 0.5) is 5.69 Å².